The molecular formula is C34H42N14O7. The van der Waals surface area contributed by atoms with Gasteiger partial charge in [-0.15, -0.1) is 0 Å². The summed E-state index contributed by atoms with van der Waals surface area (Å²) in [4.78, 5) is 39.7. The van der Waals surface area contributed by atoms with E-state index < -0.39 is 55.1 Å². The Hall–Kier alpha value is -5.57. The fourth-order valence-corrected chi connectivity index (χ4v) is 6.60. The van der Waals surface area contributed by atoms with Crippen LogP contribution >= 0.6 is 0 Å². The Kier molecular flexibility index (Phi) is 11.3. The second kappa shape index (κ2) is 16.4. The van der Waals surface area contributed by atoms with Crippen LogP contribution in [0.15, 0.2) is 49.3 Å². The molecule has 8 atom stereocenters. The van der Waals surface area contributed by atoms with Crippen molar-refractivity contribution in [1.82, 2.24) is 54.6 Å². The molecular weight excluding hydrogens is 716 g/mol. The first-order valence-corrected chi connectivity index (χ1v) is 17.6. The number of aliphatic hydroxyl groups excluding tert-OH is 4. The molecule has 21 nitrogen and oxygen atoms in total. The van der Waals surface area contributed by atoms with Crippen LogP contribution in [0.5, 0.6) is 0 Å². The molecule has 1 aromatic carbocycles. The van der Waals surface area contributed by atoms with Crippen molar-refractivity contribution in [3.63, 3.8) is 0 Å². The first-order chi connectivity index (χ1) is 26.6. The average molecular weight is 759 g/mol. The molecule has 5 aromatic rings. The zero-order valence-electron chi connectivity index (χ0n) is 29.5. The zero-order valence-corrected chi connectivity index (χ0v) is 29.5. The molecule has 0 aliphatic carbocycles. The van der Waals surface area contributed by atoms with Gasteiger partial charge in [0.25, 0.3) is 0 Å². The van der Waals surface area contributed by atoms with Crippen molar-refractivity contribution in [2.45, 2.75) is 62.0 Å². The van der Waals surface area contributed by atoms with E-state index in [9.17, 15) is 25.2 Å². The molecule has 0 bridgehead atoms. The summed E-state index contributed by atoms with van der Waals surface area (Å²) < 4.78 is 15.2. The predicted molar refractivity (Wildman–Crippen MR) is 195 cm³/mol. The number of hydrogen-bond acceptors (Lipinski definition) is 17. The highest BCUT2D eigenvalue weighted by Crippen LogP contribution is 2.34. The van der Waals surface area contributed by atoms with Crippen molar-refractivity contribution in [3.05, 3.63) is 60.7 Å². The molecule has 6 heterocycles. The number of anilines is 2. The van der Waals surface area contributed by atoms with Gasteiger partial charge in [-0.25, -0.2) is 34.7 Å². The van der Waals surface area contributed by atoms with Gasteiger partial charge in [0.1, 0.15) is 54.8 Å². The average Bonchev–Trinajstić information content (AvgIpc) is 3.93. The van der Waals surface area contributed by atoms with Gasteiger partial charge in [-0.05, 0) is 24.4 Å². The zero-order chi connectivity index (χ0) is 38.6. The molecule has 21 heteroatoms. The van der Waals surface area contributed by atoms with Crippen LogP contribution in [0.4, 0.5) is 16.4 Å². The van der Waals surface area contributed by atoms with E-state index in [1.807, 2.05) is 35.2 Å². The van der Waals surface area contributed by atoms with Gasteiger partial charge >= 0.3 is 6.03 Å². The number of hydrogen-bond donors (Lipinski definition) is 9. The summed E-state index contributed by atoms with van der Waals surface area (Å²) in [5, 5.41) is 49.6. The molecule has 7 rings (SSSR count). The van der Waals surface area contributed by atoms with E-state index in [0.717, 1.165) is 5.56 Å². The molecule has 4 aromatic heterocycles. The fourth-order valence-electron chi connectivity index (χ4n) is 6.60. The molecule has 2 amide bonds. The number of rotatable bonds is 12. The number of benzene rings is 1. The monoisotopic (exact) mass is 758 g/mol. The van der Waals surface area contributed by atoms with Gasteiger partial charge in [-0.2, -0.15) is 0 Å². The van der Waals surface area contributed by atoms with Crippen molar-refractivity contribution in [1.29, 1.82) is 0 Å². The number of nitrogen functional groups attached to an aromatic ring is 2. The molecule has 2 aliphatic heterocycles. The summed E-state index contributed by atoms with van der Waals surface area (Å²) in [5.41, 5.74) is 19.9. The number of carbonyl (C=O) groups is 1. The lowest BCUT2D eigenvalue weighted by atomic mass is 10.1. The smallest absolute Gasteiger partial charge is 0.315 e. The number of fused-ring (bicyclic) bond motifs is 2. The lowest BCUT2D eigenvalue weighted by molar-refractivity contribution is -0.0431. The number of ether oxygens (including phenoxy) is 2. The topological polar surface area (TPSA) is 309 Å². The molecule has 2 fully saturated rings. The third-order valence-electron chi connectivity index (χ3n) is 9.47. The molecule has 12 N–H and O–H groups in total. The van der Waals surface area contributed by atoms with E-state index in [1.54, 1.807) is 0 Å². The quantitative estimate of drug-likeness (QED) is 0.0598. The second-order valence-corrected chi connectivity index (χ2v) is 13.1. The number of imidazole rings is 2. The van der Waals surface area contributed by atoms with Crippen molar-refractivity contribution < 1.29 is 34.7 Å². The van der Waals surface area contributed by atoms with Crippen LogP contribution in [0.25, 0.3) is 22.3 Å². The fraction of sp³-hybridized carbons (Fsp3) is 0.441. The van der Waals surface area contributed by atoms with Crippen LogP contribution in [0.3, 0.4) is 0 Å². The van der Waals surface area contributed by atoms with Crippen molar-refractivity contribution >= 4 is 40.0 Å². The van der Waals surface area contributed by atoms with Gasteiger partial charge in [0.15, 0.2) is 46.7 Å². The SMILES string of the molecule is NCCCN(CC#Cc1nc2c(N)ncnc2n1[C@@H]1O[C@H](CNC(=O)NCc2ccccc2)[C@@H](O)[C@H]1O)C[C@H]1O[C@@H](n2cnc3c(N)ncnc32)[C@H](O)[C@@H]1O. The molecule has 0 saturated carbocycles. The van der Waals surface area contributed by atoms with Crippen LogP contribution in [0.1, 0.15) is 30.3 Å². The minimum Gasteiger partial charge on any atom is -0.387 e. The molecule has 0 unspecified atom stereocenters. The van der Waals surface area contributed by atoms with Crippen LogP contribution in [0.2, 0.25) is 0 Å². The van der Waals surface area contributed by atoms with Gasteiger partial charge in [0, 0.05) is 26.2 Å². The standard InChI is InChI=1S/C34H42N14O7/c35-9-5-11-46(14-20-25(50)26(51)32(55-20)47-17-44-22-28(36)40-15-42-30(22)47)10-4-8-21-45-23-29(37)41-16-43-31(23)48(21)33-27(52)24(49)19(54-33)13-39-34(53)38-12-18-6-2-1-3-7-18/h1-3,6-7,15-17,19-20,24-27,32-33,49-52H,5,9-14,35H2,(H2,36,40,42)(H2,37,41,43)(H2,38,39,53)/t19-,20-,24-,25-,26-,27-,32-,33-/m1/s1. The van der Waals surface area contributed by atoms with Gasteiger partial charge in [-0.3, -0.25) is 14.0 Å². The molecule has 55 heavy (non-hydrogen) atoms. The van der Waals surface area contributed by atoms with Crippen LogP contribution < -0.4 is 27.8 Å². The van der Waals surface area contributed by atoms with Gasteiger partial charge < -0.3 is 57.7 Å². The molecule has 290 valence electrons. The Morgan fingerprint density at radius 1 is 0.855 bits per heavy atom. The third kappa shape index (κ3) is 7.84. The Bertz CT molecular complexity index is 2170. The Balaban J connectivity index is 1.06. The summed E-state index contributed by atoms with van der Waals surface area (Å²) in [6.45, 7) is 1.38. The summed E-state index contributed by atoms with van der Waals surface area (Å²) in [6, 6.07) is 8.89. The van der Waals surface area contributed by atoms with E-state index in [0.29, 0.717) is 37.2 Å². The normalized spacial score (nSPS) is 25.1. The van der Waals surface area contributed by atoms with Gasteiger partial charge in [-0.1, -0.05) is 36.3 Å². The largest absolute Gasteiger partial charge is 0.387 e. The number of aliphatic hydroxyl groups is 4. The summed E-state index contributed by atoms with van der Waals surface area (Å²) in [6.07, 6.45) is -4.88. The highest BCUT2D eigenvalue weighted by Gasteiger charge is 2.46. The summed E-state index contributed by atoms with van der Waals surface area (Å²) >= 11 is 0. The maximum Gasteiger partial charge on any atom is 0.315 e. The molecule has 2 aliphatic rings. The highest BCUT2D eigenvalue weighted by molar-refractivity contribution is 5.83. The third-order valence-corrected chi connectivity index (χ3v) is 9.47. The number of nitrogens with one attached hydrogen (secondary N) is 2. The number of nitrogens with zero attached hydrogens (tertiary/aromatic N) is 9. The van der Waals surface area contributed by atoms with E-state index in [2.05, 4.69) is 52.4 Å². The lowest BCUT2D eigenvalue weighted by Gasteiger charge is -2.24. The van der Waals surface area contributed by atoms with E-state index in [1.165, 1.54) is 28.1 Å². The second-order valence-electron chi connectivity index (χ2n) is 13.1. The van der Waals surface area contributed by atoms with Crippen LogP contribution in [0, 0.1) is 11.8 Å². The maximum atomic E-state index is 12.5. The first kappa shape index (κ1) is 37.7. The van der Waals surface area contributed by atoms with E-state index in [4.69, 9.17) is 26.7 Å². The van der Waals surface area contributed by atoms with E-state index >= 15 is 0 Å². The summed E-state index contributed by atoms with van der Waals surface area (Å²) in [7, 11) is 0. The van der Waals surface area contributed by atoms with Crippen LogP contribution in [-0.2, 0) is 16.0 Å². The number of nitrogens with two attached hydrogens (primary N) is 3. The van der Waals surface area contributed by atoms with Gasteiger partial charge in [0.05, 0.1) is 12.9 Å². The highest BCUT2D eigenvalue weighted by atomic mass is 16.6. The number of amides is 2. The molecule has 2 saturated heterocycles. The minimum absolute atomic E-state index is 0.0676. The maximum absolute atomic E-state index is 12.5. The van der Waals surface area contributed by atoms with Crippen molar-refractivity contribution in [2.75, 3.05) is 44.2 Å². The van der Waals surface area contributed by atoms with Crippen LogP contribution in [-0.4, -0.2) is 140 Å². The molecule has 0 radical (unpaired) electrons. The van der Waals surface area contributed by atoms with E-state index in [-0.39, 0.29) is 48.3 Å². The van der Waals surface area contributed by atoms with Gasteiger partial charge in [0.2, 0.25) is 0 Å². The first-order valence-electron chi connectivity index (χ1n) is 17.6. The molecule has 0 spiro atoms. The predicted octanol–water partition coefficient (Wildman–Crippen LogP) is -2.43. The van der Waals surface area contributed by atoms with Crippen molar-refractivity contribution in [2.24, 2.45) is 5.73 Å². The van der Waals surface area contributed by atoms with Crippen molar-refractivity contribution in [3.8, 4) is 11.8 Å². The number of urea groups is 1. The minimum atomic E-state index is -1.45. The Morgan fingerprint density at radius 2 is 1.55 bits per heavy atom. The summed E-state index contributed by atoms with van der Waals surface area (Å²) in [5.74, 6) is 6.45. The lowest BCUT2D eigenvalue weighted by Crippen LogP contribution is -2.43. The number of aromatic nitrogens is 8. The Morgan fingerprint density at radius 3 is 2.31 bits per heavy atom. The number of carbonyl (C=O) groups excluding carboxylic acids is 1. The Labute approximate surface area is 313 Å².